The van der Waals surface area contributed by atoms with Crippen LogP contribution in [-0.2, 0) is 6.54 Å². The zero-order valence-corrected chi connectivity index (χ0v) is 12.6. The molecule has 0 heterocycles. The van der Waals surface area contributed by atoms with Crippen LogP contribution in [-0.4, -0.2) is 6.04 Å². The van der Waals surface area contributed by atoms with Gasteiger partial charge in [-0.05, 0) is 49.6 Å². The monoisotopic (exact) mass is 305 g/mol. The highest BCUT2D eigenvalue weighted by atomic mass is 35.5. The van der Waals surface area contributed by atoms with Crippen LogP contribution in [0.4, 0.5) is 4.39 Å². The second-order valence-corrected chi connectivity index (χ2v) is 5.81. The molecule has 2 aromatic carbocycles. The Morgan fingerprint density at radius 3 is 2.81 bits per heavy atom. The predicted molar refractivity (Wildman–Crippen MR) is 82.5 cm³/mol. The van der Waals surface area contributed by atoms with Crippen molar-refractivity contribution in [3.05, 3.63) is 58.4 Å². The Bertz CT molecular complexity index is 655. The lowest BCUT2D eigenvalue weighted by atomic mass is 10.2. The number of hydrogen-bond donors (Lipinski definition) is 1. The summed E-state index contributed by atoms with van der Waals surface area (Å²) >= 11 is 6.26. The summed E-state index contributed by atoms with van der Waals surface area (Å²) < 4.78 is 19.6. The van der Waals surface area contributed by atoms with Gasteiger partial charge in [0.1, 0.15) is 5.75 Å². The van der Waals surface area contributed by atoms with Crippen LogP contribution in [0, 0.1) is 12.7 Å². The second-order valence-electron chi connectivity index (χ2n) is 5.41. The summed E-state index contributed by atoms with van der Waals surface area (Å²) in [6, 6.07) is 10.8. The predicted octanol–water partition coefficient (Wildman–Crippen LogP) is 4.83. The third kappa shape index (κ3) is 3.55. The van der Waals surface area contributed by atoms with Crippen molar-refractivity contribution in [2.45, 2.75) is 32.4 Å². The lowest BCUT2D eigenvalue weighted by Gasteiger charge is -2.14. The van der Waals surface area contributed by atoms with Gasteiger partial charge in [0.15, 0.2) is 11.6 Å². The van der Waals surface area contributed by atoms with Crippen LogP contribution >= 0.6 is 11.6 Å². The van der Waals surface area contributed by atoms with Crippen LogP contribution in [0.5, 0.6) is 11.5 Å². The van der Waals surface area contributed by atoms with Gasteiger partial charge in [-0.3, -0.25) is 0 Å². The normalized spacial score (nSPS) is 14.2. The van der Waals surface area contributed by atoms with Gasteiger partial charge < -0.3 is 10.1 Å². The number of nitrogens with one attached hydrogen (secondary N) is 1. The van der Waals surface area contributed by atoms with Crippen molar-refractivity contribution in [1.29, 1.82) is 0 Å². The van der Waals surface area contributed by atoms with Crippen LogP contribution in [0.3, 0.4) is 0 Å². The molecule has 0 unspecified atom stereocenters. The first-order chi connectivity index (χ1) is 10.1. The maximum atomic E-state index is 13.8. The van der Waals surface area contributed by atoms with Crippen molar-refractivity contribution in [3.63, 3.8) is 0 Å². The Morgan fingerprint density at radius 2 is 2.05 bits per heavy atom. The standard InChI is InChI=1S/C17H17ClFNO/c1-11-5-8-15(19)17(9-11)21-16-4-2-3-14(18)13(16)10-20-12-6-7-12/h2-5,8-9,12,20H,6-7,10H2,1H3. The van der Waals surface area contributed by atoms with E-state index in [1.165, 1.54) is 18.9 Å². The van der Waals surface area contributed by atoms with E-state index in [-0.39, 0.29) is 11.6 Å². The highest BCUT2D eigenvalue weighted by Crippen LogP contribution is 2.32. The molecule has 0 aromatic heterocycles. The fraction of sp³-hybridized carbons (Fsp3) is 0.294. The van der Waals surface area contributed by atoms with Gasteiger partial charge in [-0.15, -0.1) is 0 Å². The highest BCUT2D eigenvalue weighted by molar-refractivity contribution is 6.31. The quantitative estimate of drug-likeness (QED) is 0.854. The molecule has 1 fully saturated rings. The highest BCUT2D eigenvalue weighted by Gasteiger charge is 2.21. The van der Waals surface area contributed by atoms with Gasteiger partial charge in [0, 0.05) is 23.2 Å². The number of benzene rings is 2. The summed E-state index contributed by atoms with van der Waals surface area (Å²) in [5.74, 6) is 0.451. The van der Waals surface area contributed by atoms with E-state index in [4.69, 9.17) is 16.3 Å². The maximum absolute atomic E-state index is 13.8. The first-order valence-electron chi connectivity index (χ1n) is 7.08. The van der Waals surface area contributed by atoms with Crippen molar-refractivity contribution in [3.8, 4) is 11.5 Å². The van der Waals surface area contributed by atoms with Crippen LogP contribution < -0.4 is 10.1 Å². The van der Waals surface area contributed by atoms with E-state index in [1.54, 1.807) is 12.1 Å². The van der Waals surface area contributed by atoms with E-state index in [2.05, 4.69) is 5.32 Å². The van der Waals surface area contributed by atoms with Gasteiger partial charge in [0.25, 0.3) is 0 Å². The molecule has 0 atom stereocenters. The van der Waals surface area contributed by atoms with Gasteiger partial charge in [-0.25, -0.2) is 4.39 Å². The van der Waals surface area contributed by atoms with Gasteiger partial charge in [0.2, 0.25) is 0 Å². The third-order valence-electron chi connectivity index (χ3n) is 3.53. The largest absolute Gasteiger partial charge is 0.454 e. The molecular weight excluding hydrogens is 289 g/mol. The fourth-order valence-corrected chi connectivity index (χ4v) is 2.38. The lowest BCUT2D eigenvalue weighted by molar-refractivity contribution is 0.435. The molecule has 0 amide bonds. The molecule has 0 saturated heterocycles. The van der Waals surface area contributed by atoms with Gasteiger partial charge in [-0.2, -0.15) is 0 Å². The molecule has 4 heteroatoms. The molecule has 2 aromatic rings. The van der Waals surface area contributed by atoms with Crippen molar-refractivity contribution in [2.24, 2.45) is 0 Å². The van der Waals surface area contributed by atoms with Crippen molar-refractivity contribution in [1.82, 2.24) is 5.32 Å². The molecule has 0 aliphatic heterocycles. The summed E-state index contributed by atoms with van der Waals surface area (Å²) in [5.41, 5.74) is 1.82. The summed E-state index contributed by atoms with van der Waals surface area (Å²) in [7, 11) is 0. The van der Waals surface area contributed by atoms with Crippen molar-refractivity contribution >= 4 is 11.6 Å². The van der Waals surface area contributed by atoms with Gasteiger partial charge in [-0.1, -0.05) is 23.7 Å². The van der Waals surface area contributed by atoms with Crippen molar-refractivity contribution in [2.75, 3.05) is 0 Å². The van der Waals surface area contributed by atoms with Gasteiger partial charge >= 0.3 is 0 Å². The molecule has 0 radical (unpaired) electrons. The second kappa shape index (κ2) is 6.04. The molecular formula is C17H17ClFNO. The lowest BCUT2D eigenvalue weighted by Crippen LogP contribution is -2.16. The van der Waals surface area contributed by atoms with Crippen LogP contribution in [0.15, 0.2) is 36.4 Å². The van der Waals surface area contributed by atoms with E-state index >= 15 is 0 Å². The van der Waals surface area contributed by atoms with Gasteiger partial charge in [0.05, 0.1) is 0 Å². The zero-order chi connectivity index (χ0) is 14.8. The minimum atomic E-state index is -0.373. The molecule has 1 N–H and O–H groups in total. The Hall–Kier alpha value is -1.58. The Balaban J connectivity index is 1.86. The molecule has 110 valence electrons. The van der Waals surface area contributed by atoms with Crippen LogP contribution in [0.1, 0.15) is 24.0 Å². The summed E-state index contributed by atoms with van der Waals surface area (Å²) in [5, 5.41) is 4.04. The fourth-order valence-electron chi connectivity index (χ4n) is 2.15. The smallest absolute Gasteiger partial charge is 0.165 e. The molecule has 3 rings (SSSR count). The number of ether oxygens (including phenoxy) is 1. The number of hydrogen-bond acceptors (Lipinski definition) is 2. The first-order valence-corrected chi connectivity index (χ1v) is 7.46. The molecule has 0 bridgehead atoms. The first kappa shape index (κ1) is 14.4. The average molecular weight is 306 g/mol. The zero-order valence-electron chi connectivity index (χ0n) is 11.8. The molecule has 1 aliphatic carbocycles. The topological polar surface area (TPSA) is 21.3 Å². The number of rotatable bonds is 5. The molecule has 21 heavy (non-hydrogen) atoms. The van der Waals surface area contributed by atoms with E-state index in [1.807, 2.05) is 25.1 Å². The molecule has 0 spiro atoms. The minimum Gasteiger partial charge on any atom is -0.454 e. The Morgan fingerprint density at radius 1 is 1.24 bits per heavy atom. The SMILES string of the molecule is Cc1ccc(F)c(Oc2cccc(Cl)c2CNC2CC2)c1. The number of aryl methyl sites for hydroxylation is 1. The summed E-state index contributed by atoms with van der Waals surface area (Å²) in [6.45, 7) is 2.53. The Labute approximate surface area is 128 Å². The third-order valence-corrected chi connectivity index (χ3v) is 3.88. The average Bonchev–Trinajstić information content (AvgIpc) is 3.26. The molecule has 1 aliphatic rings. The van der Waals surface area contributed by atoms with Crippen LogP contribution in [0.25, 0.3) is 0 Å². The van der Waals surface area contributed by atoms with E-state index in [0.717, 1.165) is 11.1 Å². The van der Waals surface area contributed by atoms with E-state index in [9.17, 15) is 4.39 Å². The minimum absolute atomic E-state index is 0.227. The molecule has 1 saturated carbocycles. The maximum Gasteiger partial charge on any atom is 0.165 e. The Kier molecular flexibility index (Phi) is 4.13. The van der Waals surface area contributed by atoms with E-state index < -0.39 is 0 Å². The number of halogens is 2. The van der Waals surface area contributed by atoms with E-state index in [0.29, 0.717) is 23.4 Å². The van der Waals surface area contributed by atoms with Crippen molar-refractivity contribution < 1.29 is 9.13 Å². The summed E-state index contributed by atoms with van der Waals surface area (Å²) in [6.07, 6.45) is 2.40. The van der Waals surface area contributed by atoms with Crippen LogP contribution in [0.2, 0.25) is 5.02 Å². The molecule has 2 nitrogen and oxygen atoms in total. The summed E-state index contributed by atoms with van der Waals surface area (Å²) in [4.78, 5) is 0.